The van der Waals surface area contributed by atoms with E-state index in [0.717, 1.165) is 12.8 Å². The molecule has 0 aromatic heterocycles. The summed E-state index contributed by atoms with van der Waals surface area (Å²) in [5.74, 6) is -0.145. The number of carbonyl (C=O) groups excluding carboxylic acids is 1. The predicted molar refractivity (Wildman–Crippen MR) is 129 cm³/mol. The van der Waals surface area contributed by atoms with E-state index >= 15 is 0 Å². The Bertz CT molecular complexity index is 479. The molecule has 0 bridgehead atoms. The van der Waals surface area contributed by atoms with Crippen molar-refractivity contribution in [1.82, 2.24) is 0 Å². The third-order valence-corrected chi connectivity index (χ3v) is 5.33. The number of benzene rings is 1. The number of phenols is 1. The second-order valence-corrected chi connectivity index (χ2v) is 8.28. The van der Waals surface area contributed by atoms with Gasteiger partial charge in [0.15, 0.2) is 0 Å². The van der Waals surface area contributed by atoms with Crippen molar-refractivity contribution in [2.75, 3.05) is 6.61 Å². The number of ether oxygens (including phenoxy) is 1. The molecule has 0 aliphatic heterocycles. The number of phenolic OH excluding ortho intramolecular Hbond substituents is 1. The molecular weight excluding hydrogens is 372 g/mol. The summed E-state index contributed by atoms with van der Waals surface area (Å²) in [6, 6.07) is 6.18. The van der Waals surface area contributed by atoms with Crippen LogP contribution in [0, 0.1) is 0 Å². The normalized spacial score (nSPS) is 10.4. The molecule has 1 N–H and O–H groups in total. The third-order valence-electron chi connectivity index (χ3n) is 5.33. The van der Waals surface area contributed by atoms with Crippen LogP contribution in [0.1, 0.15) is 134 Å². The number of rotatable bonds is 17. The van der Waals surface area contributed by atoms with Gasteiger partial charge in [0.1, 0.15) is 5.75 Å². The fourth-order valence-corrected chi connectivity index (χ4v) is 3.14. The summed E-state index contributed by atoms with van der Waals surface area (Å²) in [5.41, 5.74) is 0.494. The topological polar surface area (TPSA) is 46.5 Å². The third kappa shape index (κ3) is 18.5. The van der Waals surface area contributed by atoms with E-state index in [1.165, 1.54) is 102 Å². The predicted octanol–water partition coefficient (Wildman–Crippen LogP) is 8.84. The van der Waals surface area contributed by atoms with Crippen molar-refractivity contribution in [2.24, 2.45) is 0 Å². The maximum absolute atomic E-state index is 11.8. The Morgan fingerprint density at radius 1 is 0.633 bits per heavy atom. The maximum Gasteiger partial charge on any atom is 0.338 e. The van der Waals surface area contributed by atoms with Crippen molar-refractivity contribution in [1.29, 1.82) is 0 Å². The van der Waals surface area contributed by atoms with Gasteiger partial charge in [0.05, 0.1) is 12.2 Å². The number of esters is 1. The minimum atomic E-state index is -0.306. The van der Waals surface area contributed by atoms with Gasteiger partial charge in [-0.1, -0.05) is 117 Å². The lowest BCUT2D eigenvalue weighted by Gasteiger charge is -2.05. The van der Waals surface area contributed by atoms with Crippen molar-refractivity contribution in [3.8, 4) is 5.75 Å². The van der Waals surface area contributed by atoms with Crippen LogP contribution in [0.15, 0.2) is 24.3 Å². The van der Waals surface area contributed by atoms with Gasteiger partial charge in [-0.15, -0.1) is 0 Å². The summed E-state index contributed by atoms with van der Waals surface area (Å²) in [7, 11) is 0. The summed E-state index contributed by atoms with van der Waals surface area (Å²) < 4.78 is 5.25. The first-order valence-corrected chi connectivity index (χ1v) is 12.6. The molecule has 0 aliphatic carbocycles. The lowest BCUT2D eigenvalue weighted by atomic mass is 10.0. The molecule has 0 saturated carbocycles. The lowest BCUT2D eigenvalue weighted by molar-refractivity contribution is 0.0497. The van der Waals surface area contributed by atoms with Gasteiger partial charge in [0.2, 0.25) is 0 Å². The maximum atomic E-state index is 11.8. The number of hydrogen-bond acceptors (Lipinski definition) is 3. The summed E-state index contributed by atoms with van der Waals surface area (Å²) in [5, 5.41) is 9.20. The molecule has 0 fully saturated rings. The van der Waals surface area contributed by atoms with Crippen LogP contribution in [0.3, 0.4) is 0 Å². The highest BCUT2D eigenvalue weighted by atomic mass is 16.5. The van der Waals surface area contributed by atoms with Crippen molar-refractivity contribution in [2.45, 2.75) is 124 Å². The SMILES string of the molecule is CCCC.CCCCCCCCCCCCCCCCOC(=O)c1ccc(O)cc1. The molecule has 1 rings (SSSR count). The average Bonchev–Trinajstić information content (AvgIpc) is 2.77. The van der Waals surface area contributed by atoms with Crippen molar-refractivity contribution in [3.05, 3.63) is 29.8 Å². The van der Waals surface area contributed by atoms with Crippen LogP contribution in [0.2, 0.25) is 0 Å². The lowest BCUT2D eigenvalue weighted by Crippen LogP contribution is -2.06. The van der Waals surface area contributed by atoms with E-state index in [9.17, 15) is 9.90 Å². The fraction of sp³-hybridized carbons (Fsp3) is 0.741. The average molecular weight is 421 g/mol. The molecule has 0 spiro atoms. The highest BCUT2D eigenvalue weighted by Crippen LogP contribution is 2.13. The van der Waals surface area contributed by atoms with Crippen LogP contribution in [-0.2, 0) is 4.74 Å². The first-order valence-electron chi connectivity index (χ1n) is 12.6. The van der Waals surface area contributed by atoms with Gasteiger partial charge in [-0.25, -0.2) is 4.79 Å². The highest BCUT2D eigenvalue weighted by Gasteiger charge is 2.06. The Hall–Kier alpha value is -1.51. The molecule has 0 radical (unpaired) electrons. The minimum Gasteiger partial charge on any atom is -0.508 e. The zero-order valence-electron chi connectivity index (χ0n) is 20.1. The molecule has 3 nitrogen and oxygen atoms in total. The Morgan fingerprint density at radius 2 is 1.03 bits per heavy atom. The zero-order chi connectivity index (χ0) is 22.3. The van der Waals surface area contributed by atoms with Gasteiger partial charge >= 0.3 is 5.97 Å². The number of hydrogen-bond donors (Lipinski definition) is 1. The molecule has 30 heavy (non-hydrogen) atoms. The molecule has 0 aliphatic rings. The van der Waals surface area contributed by atoms with E-state index in [1.54, 1.807) is 12.1 Å². The van der Waals surface area contributed by atoms with Gasteiger partial charge in [0.25, 0.3) is 0 Å². The van der Waals surface area contributed by atoms with E-state index in [1.807, 2.05) is 0 Å². The summed E-state index contributed by atoms with van der Waals surface area (Å²) in [4.78, 5) is 11.8. The Balaban J connectivity index is 0.00000192. The smallest absolute Gasteiger partial charge is 0.338 e. The molecule has 1 aromatic carbocycles. The van der Waals surface area contributed by atoms with Crippen LogP contribution in [0.5, 0.6) is 5.75 Å². The molecule has 0 unspecified atom stereocenters. The quantitative estimate of drug-likeness (QED) is 0.202. The summed E-state index contributed by atoms with van der Waals surface area (Å²) >= 11 is 0. The van der Waals surface area contributed by atoms with Gasteiger partial charge in [0, 0.05) is 0 Å². The molecule has 3 heteroatoms. The highest BCUT2D eigenvalue weighted by molar-refractivity contribution is 5.89. The van der Waals surface area contributed by atoms with E-state index in [4.69, 9.17) is 4.74 Å². The first kappa shape index (κ1) is 28.5. The summed E-state index contributed by atoms with van der Waals surface area (Å²) in [6.45, 7) is 7.11. The van der Waals surface area contributed by atoms with Crippen molar-refractivity contribution in [3.63, 3.8) is 0 Å². The van der Waals surface area contributed by atoms with Crippen LogP contribution >= 0.6 is 0 Å². The van der Waals surface area contributed by atoms with E-state index in [0.29, 0.717) is 12.2 Å². The Labute approximate surface area is 186 Å². The monoisotopic (exact) mass is 420 g/mol. The van der Waals surface area contributed by atoms with Crippen molar-refractivity contribution >= 4 is 5.97 Å². The van der Waals surface area contributed by atoms with Crippen molar-refractivity contribution < 1.29 is 14.6 Å². The van der Waals surface area contributed by atoms with Gasteiger partial charge in [-0.3, -0.25) is 0 Å². The van der Waals surface area contributed by atoms with E-state index < -0.39 is 0 Å². The molecular formula is C27H48O3. The largest absolute Gasteiger partial charge is 0.508 e. The molecule has 0 atom stereocenters. The molecule has 174 valence electrons. The fourth-order valence-electron chi connectivity index (χ4n) is 3.14. The van der Waals surface area contributed by atoms with E-state index in [-0.39, 0.29) is 11.7 Å². The first-order chi connectivity index (χ1) is 14.7. The second-order valence-electron chi connectivity index (χ2n) is 8.28. The number of aromatic hydroxyl groups is 1. The van der Waals surface area contributed by atoms with Gasteiger partial charge in [-0.05, 0) is 30.7 Å². The molecule has 0 saturated heterocycles. The zero-order valence-corrected chi connectivity index (χ0v) is 20.1. The van der Waals surface area contributed by atoms with Crippen LogP contribution < -0.4 is 0 Å². The molecule has 1 aromatic rings. The Kier molecular flexibility index (Phi) is 21.1. The number of carbonyl (C=O) groups is 1. The molecule has 0 heterocycles. The number of unbranched alkanes of at least 4 members (excludes halogenated alkanes) is 14. The summed E-state index contributed by atoms with van der Waals surface area (Å²) in [6.07, 6.45) is 21.1. The second kappa shape index (κ2) is 22.2. The van der Waals surface area contributed by atoms with E-state index in [2.05, 4.69) is 20.8 Å². The standard InChI is InChI=1S/C23H38O3.C4H10/c1-2-3-4-5-6-7-8-9-10-11-12-13-14-15-20-26-23(25)21-16-18-22(24)19-17-21;1-3-4-2/h16-19,24H,2-15,20H2,1H3;3-4H2,1-2H3. The van der Waals surface area contributed by atoms with Crippen LogP contribution in [0.4, 0.5) is 0 Å². The Morgan fingerprint density at radius 3 is 1.43 bits per heavy atom. The van der Waals surface area contributed by atoms with Crippen LogP contribution in [-0.4, -0.2) is 17.7 Å². The molecule has 0 amide bonds. The van der Waals surface area contributed by atoms with Gasteiger partial charge < -0.3 is 9.84 Å². The van der Waals surface area contributed by atoms with Gasteiger partial charge in [-0.2, -0.15) is 0 Å². The minimum absolute atomic E-state index is 0.161. The van der Waals surface area contributed by atoms with Crippen LogP contribution in [0.25, 0.3) is 0 Å².